The lowest BCUT2D eigenvalue weighted by Crippen LogP contribution is -2.10. The Morgan fingerprint density at radius 1 is 0.327 bits per heavy atom. The topological polar surface area (TPSA) is 29.5 Å². The Morgan fingerprint density at radius 3 is 1.65 bits per heavy atom. The van der Waals surface area contributed by atoms with Gasteiger partial charge in [-0.05, 0) is 70.1 Å². The van der Waals surface area contributed by atoms with E-state index in [-0.39, 0.29) is 0 Å². The van der Waals surface area contributed by atoms with Crippen LogP contribution in [0.15, 0.2) is 185 Å². The Kier molecular flexibility index (Phi) is 6.18. The Labute approximate surface area is 282 Å². The smallest absolute Gasteiger partial charge is 0.159 e. The third kappa shape index (κ3) is 4.44. The van der Waals surface area contributed by atoms with Crippen LogP contribution in [-0.4, -0.2) is 0 Å². The fourth-order valence-corrected chi connectivity index (χ4v) is 7.32. The SMILES string of the molecule is c1ccc(-c2cccc(-c3ccc(N(c4cccc5c4oc4ccccc45)c4cccc5c4oc4c6ccccc6ccc54)cc3)c2)cc1. The van der Waals surface area contributed by atoms with E-state index in [2.05, 4.69) is 169 Å². The average molecular weight is 628 g/mol. The normalized spacial score (nSPS) is 11.7. The van der Waals surface area contributed by atoms with Crippen LogP contribution in [-0.2, 0) is 0 Å². The largest absolute Gasteiger partial charge is 0.454 e. The van der Waals surface area contributed by atoms with E-state index in [1.165, 1.54) is 16.7 Å². The Bertz CT molecular complexity index is 2830. The van der Waals surface area contributed by atoms with Crippen LogP contribution in [0.25, 0.3) is 76.9 Å². The van der Waals surface area contributed by atoms with Crippen LogP contribution in [0.5, 0.6) is 0 Å². The van der Waals surface area contributed by atoms with Crippen molar-refractivity contribution in [2.75, 3.05) is 4.90 Å². The lowest BCUT2D eigenvalue weighted by atomic mass is 9.99. The number of hydrogen-bond donors (Lipinski definition) is 0. The van der Waals surface area contributed by atoms with Gasteiger partial charge in [0.05, 0.1) is 11.4 Å². The molecular formula is C46H29NO2. The van der Waals surface area contributed by atoms with Crippen molar-refractivity contribution in [3.8, 4) is 22.3 Å². The van der Waals surface area contributed by atoms with E-state index in [9.17, 15) is 0 Å². The van der Waals surface area contributed by atoms with Crippen molar-refractivity contribution >= 4 is 71.7 Å². The maximum Gasteiger partial charge on any atom is 0.159 e. The Balaban J connectivity index is 1.19. The number of furan rings is 2. The summed E-state index contributed by atoms with van der Waals surface area (Å²) in [6.07, 6.45) is 0. The zero-order chi connectivity index (χ0) is 32.3. The molecule has 0 unspecified atom stereocenters. The maximum absolute atomic E-state index is 6.87. The summed E-state index contributed by atoms with van der Waals surface area (Å²) in [6, 6.07) is 61.9. The molecule has 10 rings (SSSR count). The summed E-state index contributed by atoms with van der Waals surface area (Å²) in [4.78, 5) is 2.28. The molecule has 0 atom stereocenters. The number of benzene rings is 8. The van der Waals surface area contributed by atoms with Crippen LogP contribution in [0.1, 0.15) is 0 Å². The van der Waals surface area contributed by atoms with Crippen LogP contribution in [0, 0.1) is 0 Å². The molecule has 0 aliphatic carbocycles. The minimum Gasteiger partial charge on any atom is -0.454 e. The highest BCUT2D eigenvalue weighted by atomic mass is 16.3. The maximum atomic E-state index is 6.87. The van der Waals surface area contributed by atoms with E-state index in [4.69, 9.17) is 8.83 Å². The van der Waals surface area contributed by atoms with Gasteiger partial charge in [-0.25, -0.2) is 0 Å². The van der Waals surface area contributed by atoms with Gasteiger partial charge in [0.1, 0.15) is 11.2 Å². The van der Waals surface area contributed by atoms with Crippen molar-refractivity contribution in [1.29, 1.82) is 0 Å². The zero-order valence-corrected chi connectivity index (χ0v) is 26.5. The first kappa shape index (κ1) is 27.5. The number of anilines is 3. The van der Waals surface area contributed by atoms with Crippen LogP contribution in [0.4, 0.5) is 17.1 Å². The van der Waals surface area contributed by atoms with Gasteiger partial charge in [-0.15, -0.1) is 0 Å². The Morgan fingerprint density at radius 2 is 0.878 bits per heavy atom. The molecule has 0 aliphatic heterocycles. The molecule has 3 nitrogen and oxygen atoms in total. The number of nitrogens with zero attached hydrogens (tertiary/aromatic N) is 1. The summed E-state index contributed by atoms with van der Waals surface area (Å²) in [5.41, 5.74) is 11.1. The molecule has 0 bridgehead atoms. The Hall–Kier alpha value is -6.58. The first-order valence-electron chi connectivity index (χ1n) is 16.6. The minimum atomic E-state index is 0.835. The number of hydrogen-bond acceptors (Lipinski definition) is 3. The van der Waals surface area contributed by atoms with Gasteiger partial charge in [-0.2, -0.15) is 0 Å². The second-order valence-electron chi connectivity index (χ2n) is 12.5. The van der Waals surface area contributed by atoms with Gasteiger partial charge in [-0.1, -0.05) is 133 Å². The fourth-order valence-electron chi connectivity index (χ4n) is 7.32. The van der Waals surface area contributed by atoms with Crippen molar-refractivity contribution in [1.82, 2.24) is 0 Å². The molecule has 0 saturated heterocycles. The second kappa shape index (κ2) is 11.0. The van der Waals surface area contributed by atoms with Crippen molar-refractivity contribution in [3.05, 3.63) is 176 Å². The van der Waals surface area contributed by atoms with E-state index in [1.54, 1.807) is 0 Å². The molecule has 8 aromatic carbocycles. The van der Waals surface area contributed by atoms with E-state index in [1.807, 2.05) is 12.1 Å². The molecule has 230 valence electrons. The minimum absolute atomic E-state index is 0.835. The number of para-hydroxylation sites is 3. The molecular weight excluding hydrogens is 599 g/mol. The van der Waals surface area contributed by atoms with Gasteiger partial charge in [0.15, 0.2) is 11.2 Å². The summed E-state index contributed by atoms with van der Waals surface area (Å²) in [6.45, 7) is 0. The zero-order valence-electron chi connectivity index (χ0n) is 26.5. The standard InChI is InChI=1S/C46H29NO2/c1-2-11-30(12-3-1)33-14-8-15-34(29-33)31-23-26-35(27-24-31)47(41-20-9-18-38-37-17-6-7-22-43(37)48-45(38)41)42-21-10-19-39-40-28-25-32-13-4-5-16-36(32)44(40)49-46(39)42/h1-29H. The lowest BCUT2D eigenvalue weighted by Gasteiger charge is -2.25. The van der Waals surface area contributed by atoms with Gasteiger partial charge in [-0.3, -0.25) is 0 Å². The summed E-state index contributed by atoms with van der Waals surface area (Å²) >= 11 is 0. The first-order valence-corrected chi connectivity index (χ1v) is 16.6. The quantitative estimate of drug-likeness (QED) is 0.190. The van der Waals surface area contributed by atoms with E-state index >= 15 is 0 Å². The van der Waals surface area contributed by atoms with Gasteiger partial charge in [0, 0.05) is 32.6 Å². The average Bonchev–Trinajstić information content (AvgIpc) is 3.76. The van der Waals surface area contributed by atoms with Gasteiger partial charge in [0.2, 0.25) is 0 Å². The highest BCUT2D eigenvalue weighted by Gasteiger charge is 2.23. The molecule has 3 heteroatoms. The molecule has 2 aromatic heterocycles. The number of rotatable bonds is 5. The van der Waals surface area contributed by atoms with Crippen molar-refractivity contribution in [2.24, 2.45) is 0 Å². The van der Waals surface area contributed by atoms with E-state index < -0.39 is 0 Å². The fraction of sp³-hybridized carbons (Fsp3) is 0. The summed E-state index contributed by atoms with van der Waals surface area (Å²) in [5, 5.41) is 6.62. The molecule has 10 aromatic rings. The van der Waals surface area contributed by atoms with Crippen molar-refractivity contribution in [2.45, 2.75) is 0 Å². The monoisotopic (exact) mass is 627 g/mol. The highest BCUT2D eigenvalue weighted by Crippen LogP contribution is 2.46. The summed E-state index contributed by atoms with van der Waals surface area (Å²) < 4.78 is 13.5. The van der Waals surface area contributed by atoms with Crippen LogP contribution >= 0.6 is 0 Å². The summed E-state index contributed by atoms with van der Waals surface area (Å²) in [7, 11) is 0. The molecule has 0 aliphatic rings. The third-order valence-electron chi connectivity index (χ3n) is 9.66. The van der Waals surface area contributed by atoms with Crippen molar-refractivity contribution in [3.63, 3.8) is 0 Å². The molecule has 2 heterocycles. The molecule has 0 amide bonds. The van der Waals surface area contributed by atoms with Crippen LogP contribution in [0.3, 0.4) is 0 Å². The van der Waals surface area contributed by atoms with Crippen molar-refractivity contribution < 1.29 is 8.83 Å². The van der Waals surface area contributed by atoms with E-state index in [0.29, 0.717) is 0 Å². The molecule has 0 N–H and O–H groups in total. The predicted molar refractivity (Wildman–Crippen MR) is 204 cm³/mol. The molecule has 0 saturated carbocycles. The van der Waals surface area contributed by atoms with Crippen LogP contribution < -0.4 is 4.90 Å². The molecule has 49 heavy (non-hydrogen) atoms. The molecule has 0 spiro atoms. The molecule has 0 fully saturated rings. The predicted octanol–water partition coefficient (Wildman–Crippen LogP) is 13.4. The van der Waals surface area contributed by atoms with Gasteiger partial charge >= 0.3 is 0 Å². The van der Waals surface area contributed by atoms with Gasteiger partial charge < -0.3 is 13.7 Å². The second-order valence-corrected chi connectivity index (χ2v) is 12.5. The van der Waals surface area contributed by atoms with Crippen LogP contribution in [0.2, 0.25) is 0 Å². The highest BCUT2D eigenvalue weighted by molar-refractivity contribution is 6.18. The molecule has 0 radical (unpaired) electrons. The lowest BCUT2D eigenvalue weighted by molar-refractivity contribution is 0.667. The third-order valence-corrected chi connectivity index (χ3v) is 9.66. The number of fused-ring (bicyclic) bond motifs is 8. The first-order chi connectivity index (χ1) is 24.3. The summed E-state index contributed by atoms with van der Waals surface area (Å²) in [5.74, 6) is 0. The van der Waals surface area contributed by atoms with Gasteiger partial charge in [0.25, 0.3) is 0 Å². The van der Waals surface area contributed by atoms with E-state index in [0.717, 1.165) is 77.3 Å².